The van der Waals surface area contributed by atoms with Crippen LogP contribution >= 0.6 is 0 Å². The number of nitrogens with zero attached hydrogens (tertiary/aromatic N) is 1. The molecule has 2 atom stereocenters. The first-order valence-corrected chi connectivity index (χ1v) is 9.20. The topological polar surface area (TPSA) is 3.24 Å². The van der Waals surface area contributed by atoms with Crippen molar-refractivity contribution in [1.29, 1.82) is 0 Å². The average Bonchev–Trinajstić information content (AvgIpc) is 3.05. The van der Waals surface area contributed by atoms with Gasteiger partial charge in [-0.3, -0.25) is 0 Å². The van der Waals surface area contributed by atoms with Gasteiger partial charge >= 0.3 is 0 Å². The lowest BCUT2D eigenvalue weighted by atomic mass is 9.84. The zero-order chi connectivity index (χ0) is 15.9. The van der Waals surface area contributed by atoms with Crippen LogP contribution in [0.25, 0.3) is 0 Å². The Bertz CT molecular complexity index is 516. The van der Waals surface area contributed by atoms with Gasteiger partial charge in [0.2, 0.25) is 0 Å². The molecule has 2 aromatic rings. The smallest absolute Gasteiger partial charge is 0.00569 e. The predicted molar refractivity (Wildman–Crippen MR) is 98.9 cm³/mol. The summed E-state index contributed by atoms with van der Waals surface area (Å²) in [5.74, 6) is 1.26. The summed E-state index contributed by atoms with van der Waals surface area (Å²) in [4.78, 5) is 2.69. The van der Waals surface area contributed by atoms with Gasteiger partial charge in [-0.2, -0.15) is 0 Å². The molecular formula is C22H29N. The van der Waals surface area contributed by atoms with Crippen LogP contribution < -0.4 is 0 Å². The van der Waals surface area contributed by atoms with E-state index in [4.69, 9.17) is 0 Å². The molecule has 3 rings (SSSR count). The first kappa shape index (κ1) is 16.3. The normalized spacial score (nSPS) is 21.6. The molecule has 2 unspecified atom stereocenters. The molecule has 1 heteroatoms. The van der Waals surface area contributed by atoms with E-state index in [1.54, 1.807) is 0 Å². The van der Waals surface area contributed by atoms with E-state index in [2.05, 4.69) is 72.5 Å². The minimum Gasteiger partial charge on any atom is -0.302 e. The van der Waals surface area contributed by atoms with Crippen LogP contribution in [0, 0.1) is 0 Å². The van der Waals surface area contributed by atoms with E-state index in [-0.39, 0.29) is 0 Å². The fraction of sp³-hybridized carbons (Fsp3) is 0.455. The summed E-state index contributed by atoms with van der Waals surface area (Å²) in [6, 6.07) is 22.2. The van der Waals surface area contributed by atoms with E-state index in [1.807, 2.05) is 0 Å². The lowest BCUT2D eigenvalue weighted by molar-refractivity contribution is 0.321. The quantitative estimate of drug-likeness (QED) is 0.615. The van der Waals surface area contributed by atoms with E-state index in [9.17, 15) is 0 Å². The summed E-state index contributed by atoms with van der Waals surface area (Å²) in [6.45, 7) is 5.95. The van der Waals surface area contributed by atoms with Crippen LogP contribution in [-0.2, 0) is 0 Å². The Balaban J connectivity index is 1.72. The molecule has 0 aromatic heterocycles. The summed E-state index contributed by atoms with van der Waals surface area (Å²) in [6.07, 6.45) is 5.41. The maximum absolute atomic E-state index is 2.69. The number of likely N-dealkylation sites (tertiary alicyclic amines) is 1. The van der Waals surface area contributed by atoms with Crippen molar-refractivity contribution in [2.75, 3.05) is 19.6 Å². The molecule has 0 aliphatic carbocycles. The SMILES string of the molecule is CCCCCCN1CC(c2ccccc2)C(c2ccccc2)C1. The van der Waals surface area contributed by atoms with Crippen LogP contribution in [0.15, 0.2) is 60.7 Å². The molecule has 1 saturated heterocycles. The summed E-state index contributed by atoms with van der Waals surface area (Å²) < 4.78 is 0. The maximum Gasteiger partial charge on any atom is 0.00569 e. The Labute approximate surface area is 141 Å². The van der Waals surface area contributed by atoms with Crippen LogP contribution in [0.1, 0.15) is 55.6 Å². The molecule has 0 saturated carbocycles. The molecule has 0 radical (unpaired) electrons. The van der Waals surface area contributed by atoms with Gasteiger partial charge in [-0.05, 0) is 24.1 Å². The van der Waals surface area contributed by atoms with Gasteiger partial charge in [-0.15, -0.1) is 0 Å². The van der Waals surface area contributed by atoms with Gasteiger partial charge in [0.1, 0.15) is 0 Å². The number of rotatable bonds is 7. The Morgan fingerprint density at radius 2 is 1.26 bits per heavy atom. The van der Waals surface area contributed by atoms with E-state index in [0.29, 0.717) is 11.8 Å². The van der Waals surface area contributed by atoms with Crippen LogP contribution in [0.3, 0.4) is 0 Å². The van der Waals surface area contributed by atoms with Gasteiger partial charge in [0.05, 0.1) is 0 Å². The van der Waals surface area contributed by atoms with E-state index in [0.717, 1.165) is 0 Å². The monoisotopic (exact) mass is 307 g/mol. The standard InChI is InChI=1S/C22H29N/c1-2-3-4-11-16-23-17-21(19-12-7-5-8-13-19)22(18-23)20-14-9-6-10-15-20/h5-10,12-15,21-22H,2-4,11,16-18H2,1H3. The summed E-state index contributed by atoms with van der Waals surface area (Å²) >= 11 is 0. The zero-order valence-corrected chi connectivity index (χ0v) is 14.3. The highest BCUT2D eigenvalue weighted by atomic mass is 15.1. The number of unbranched alkanes of at least 4 members (excludes halogenated alkanes) is 3. The lowest BCUT2D eigenvalue weighted by Crippen LogP contribution is -2.22. The van der Waals surface area contributed by atoms with Crippen LogP contribution in [0.2, 0.25) is 0 Å². The second-order valence-electron chi connectivity index (χ2n) is 6.85. The minimum atomic E-state index is 0.629. The Morgan fingerprint density at radius 1 is 0.739 bits per heavy atom. The van der Waals surface area contributed by atoms with Gasteiger partial charge in [-0.25, -0.2) is 0 Å². The van der Waals surface area contributed by atoms with E-state index in [1.165, 1.54) is 56.4 Å². The maximum atomic E-state index is 2.69. The van der Waals surface area contributed by atoms with Gasteiger partial charge in [0.15, 0.2) is 0 Å². The fourth-order valence-corrected chi connectivity index (χ4v) is 3.91. The molecule has 122 valence electrons. The molecule has 0 N–H and O–H groups in total. The highest BCUT2D eigenvalue weighted by molar-refractivity contribution is 5.31. The molecule has 2 aromatic carbocycles. The lowest BCUT2D eigenvalue weighted by Gasteiger charge is -2.19. The Hall–Kier alpha value is -1.60. The summed E-state index contributed by atoms with van der Waals surface area (Å²) in [5.41, 5.74) is 3.00. The first-order chi connectivity index (χ1) is 11.4. The molecule has 1 aliphatic heterocycles. The van der Waals surface area contributed by atoms with Crippen molar-refractivity contribution >= 4 is 0 Å². The largest absolute Gasteiger partial charge is 0.302 e. The van der Waals surface area contributed by atoms with Crippen molar-refractivity contribution in [2.24, 2.45) is 0 Å². The average molecular weight is 307 g/mol. The highest BCUT2D eigenvalue weighted by Crippen LogP contribution is 2.39. The van der Waals surface area contributed by atoms with Crippen molar-refractivity contribution in [1.82, 2.24) is 4.90 Å². The molecule has 1 nitrogen and oxygen atoms in total. The Morgan fingerprint density at radius 3 is 1.74 bits per heavy atom. The van der Waals surface area contributed by atoms with Crippen molar-refractivity contribution < 1.29 is 0 Å². The van der Waals surface area contributed by atoms with Crippen molar-refractivity contribution in [3.63, 3.8) is 0 Å². The third-order valence-electron chi connectivity index (χ3n) is 5.18. The summed E-state index contributed by atoms with van der Waals surface area (Å²) in [5, 5.41) is 0. The zero-order valence-electron chi connectivity index (χ0n) is 14.3. The van der Waals surface area contributed by atoms with Gasteiger partial charge < -0.3 is 4.90 Å². The van der Waals surface area contributed by atoms with Crippen molar-refractivity contribution in [3.05, 3.63) is 71.8 Å². The van der Waals surface area contributed by atoms with Crippen LogP contribution in [0.4, 0.5) is 0 Å². The highest BCUT2D eigenvalue weighted by Gasteiger charge is 2.34. The van der Waals surface area contributed by atoms with Gasteiger partial charge in [0, 0.05) is 24.9 Å². The second kappa shape index (κ2) is 8.31. The third-order valence-corrected chi connectivity index (χ3v) is 5.18. The van der Waals surface area contributed by atoms with Gasteiger partial charge in [0.25, 0.3) is 0 Å². The Kier molecular flexibility index (Phi) is 5.87. The third kappa shape index (κ3) is 4.23. The molecule has 0 amide bonds. The molecule has 1 fully saturated rings. The number of benzene rings is 2. The van der Waals surface area contributed by atoms with E-state index < -0.39 is 0 Å². The van der Waals surface area contributed by atoms with Crippen LogP contribution in [0.5, 0.6) is 0 Å². The second-order valence-corrected chi connectivity index (χ2v) is 6.85. The number of hydrogen-bond donors (Lipinski definition) is 0. The molecule has 1 aliphatic rings. The summed E-state index contributed by atoms with van der Waals surface area (Å²) in [7, 11) is 0. The van der Waals surface area contributed by atoms with Gasteiger partial charge in [-0.1, -0.05) is 86.8 Å². The van der Waals surface area contributed by atoms with E-state index >= 15 is 0 Å². The molecular weight excluding hydrogens is 278 g/mol. The minimum absolute atomic E-state index is 0.629. The van der Waals surface area contributed by atoms with Crippen molar-refractivity contribution in [2.45, 2.75) is 44.4 Å². The number of hydrogen-bond acceptors (Lipinski definition) is 1. The molecule has 1 heterocycles. The first-order valence-electron chi connectivity index (χ1n) is 9.20. The molecule has 0 spiro atoms. The van der Waals surface area contributed by atoms with Crippen LogP contribution in [-0.4, -0.2) is 24.5 Å². The predicted octanol–water partition coefficient (Wildman–Crippen LogP) is 5.45. The molecule has 0 bridgehead atoms. The van der Waals surface area contributed by atoms with Crippen molar-refractivity contribution in [3.8, 4) is 0 Å². The fourth-order valence-electron chi connectivity index (χ4n) is 3.91. The molecule has 23 heavy (non-hydrogen) atoms.